The largest absolute Gasteiger partial charge is 0.299 e. The highest BCUT2D eigenvalue weighted by Gasteiger charge is 2.24. The van der Waals surface area contributed by atoms with E-state index in [1.807, 2.05) is 6.07 Å². The van der Waals surface area contributed by atoms with Gasteiger partial charge in [0, 0.05) is 31.3 Å². The molecule has 5 nitrogen and oxygen atoms in total. The van der Waals surface area contributed by atoms with E-state index in [1.54, 1.807) is 18.2 Å². The quantitative estimate of drug-likeness (QED) is 0.556. The number of benzene rings is 2. The number of hydrogen-bond acceptors (Lipinski definition) is 4. The molecule has 0 N–H and O–H groups in total. The standard InChI is InChI=1S/C21H27N3O2/c1-2-23(17-18-7-4-3-5-8-18)20-11-13-22(14-12-20)16-19-9-6-10-21(15-19)24(25)26/h3-10,15,20H,2,11-14,16-17H2,1H3. The number of nitro benzene ring substituents is 1. The summed E-state index contributed by atoms with van der Waals surface area (Å²) in [7, 11) is 0. The molecule has 0 radical (unpaired) electrons. The maximum Gasteiger partial charge on any atom is 0.269 e. The van der Waals surface area contributed by atoms with E-state index in [0.29, 0.717) is 6.04 Å². The number of rotatable bonds is 7. The number of piperidine rings is 1. The second-order valence-corrected chi connectivity index (χ2v) is 6.98. The minimum atomic E-state index is -0.321. The third-order valence-electron chi connectivity index (χ3n) is 5.24. The Hall–Kier alpha value is -2.24. The van der Waals surface area contributed by atoms with E-state index < -0.39 is 0 Å². The van der Waals surface area contributed by atoms with Crippen LogP contribution in [0.2, 0.25) is 0 Å². The summed E-state index contributed by atoms with van der Waals surface area (Å²) in [6.07, 6.45) is 2.30. The molecule has 2 aromatic carbocycles. The lowest BCUT2D eigenvalue weighted by Gasteiger charge is -2.38. The predicted octanol–water partition coefficient (Wildman–Crippen LogP) is 4.08. The molecule has 0 unspecified atom stereocenters. The SMILES string of the molecule is CCN(Cc1ccccc1)C1CCN(Cc2cccc([N+](=O)[O-])c2)CC1. The van der Waals surface area contributed by atoms with E-state index >= 15 is 0 Å². The van der Waals surface area contributed by atoms with Crippen molar-refractivity contribution in [2.45, 2.75) is 38.9 Å². The van der Waals surface area contributed by atoms with Gasteiger partial charge >= 0.3 is 0 Å². The van der Waals surface area contributed by atoms with Crippen molar-refractivity contribution in [3.05, 3.63) is 75.8 Å². The Morgan fingerprint density at radius 1 is 1.08 bits per heavy atom. The molecule has 1 saturated heterocycles. The molecule has 0 saturated carbocycles. The first-order valence-corrected chi connectivity index (χ1v) is 9.39. The van der Waals surface area contributed by atoms with Gasteiger partial charge in [0.15, 0.2) is 0 Å². The first kappa shape index (κ1) is 18.5. The molecule has 138 valence electrons. The van der Waals surface area contributed by atoms with Crippen LogP contribution in [0.1, 0.15) is 30.9 Å². The number of likely N-dealkylation sites (tertiary alicyclic amines) is 1. The lowest BCUT2D eigenvalue weighted by Crippen LogP contribution is -2.44. The fraction of sp³-hybridized carbons (Fsp3) is 0.429. The van der Waals surface area contributed by atoms with Gasteiger partial charge in [-0.2, -0.15) is 0 Å². The van der Waals surface area contributed by atoms with Gasteiger partial charge in [0.2, 0.25) is 0 Å². The molecular weight excluding hydrogens is 326 g/mol. The number of nitrogens with zero attached hydrogens (tertiary/aromatic N) is 3. The van der Waals surface area contributed by atoms with Crippen LogP contribution in [0.3, 0.4) is 0 Å². The predicted molar refractivity (Wildman–Crippen MR) is 104 cm³/mol. The Bertz CT molecular complexity index is 712. The second-order valence-electron chi connectivity index (χ2n) is 6.98. The summed E-state index contributed by atoms with van der Waals surface area (Å²) >= 11 is 0. The van der Waals surface area contributed by atoms with Crippen LogP contribution < -0.4 is 0 Å². The molecule has 0 aromatic heterocycles. The zero-order valence-corrected chi connectivity index (χ0v) is 15.4. The molecule has 3 rings (SSSR count). The van der Waals surface area contributed by atoms with Gasteiger partial charge in [-0.3, -0.25) is 19.9 Å². The van der Waals surface area contributed by atoms with Gasteiger partial charge < -0.3 is 0 Å². The fourth-order valence-corrected chi connectivity index (χ4v) is 3.79. The van der Waals surface area contributed by atoms with Crippen molar-refractivity contribution < 1.29 is 4.92 Å². The van der Waals surface area contributed by atoms with Crippen LogP contribution in [-0.2, 0) is 13.1 Å². The zero-order chi connectivity index (χ0) is 18.4. The zero-order valence-electron chi connectivity index (χ0n) is 15.4. The van der Waals surface area contributed by atoms with Crippen LogP contribution in [0.25, 0.3) is 0 Å². The first-order valence-electron chi connectivity index (χ1n) is 9.39. The number of nitro groups is 1. The van der Waals surface area contributed by atoms with Gasteiger partial charge in [-0.15, -0.1) is 0 Å². The topological polar surface area (TPSA) is 49.6 Å². The van der Waals surface area contributed by atoms with Gasteiger partial charge in [0.05, 0.1) is 4.92 Å². The Balaban J connectivity index is 1.53. The highest BCUT2D eigenvalue weighted by molar-refractivity contribution is 5.34. The molecule has 0 spiro atoms. The van der Waals surface area contributed by atoms with Crippen LogP contribution in [0.15, 0.2) is 54.6 Å². The Kier molecular flexibility index (Phi) is 6.36. The minimum Gasteiger partial charge on any atom is -0.299 e. The van der Waals surface area contributed by atoms with Gasteiger partial charge in [-0.1, -0.05) is 49.4 Å². The molecular formula is C21H27N3O2. The Morgan fingerprint density at radius 2 is 1.77 bits per heavy atom. The van der Waals surface area contributed by atoms with Crippen molar-refractivity contribution in [2.24, 2.45) is 0 Å². The maximum atomic E-state index is 10.9. The molecule has 0 atom stereocenters. The van der Waals surface area contributed by atoms with Crippen molar-refractivity contribution in [2.75, 3.05) is 19.6 Å². The number of hydrogen-bond donors (Lipinski definition) is 0. The molecule has 1 aliphatic heterocycles. The summed E-state index contributed by atoms with van der Waals surface area (Å²) in [4.78, 5) is 15.6. The van der Waals surface area contributed by atoms with E-state index in [-0.39, 0.29) is 10.6 Å². The van der Waals surface area contributed by atoms with Crippen molar-refractivity contribution >= 4 is 5.69 Å². The van der Waals surface area contributed by atoms with Crippen LogP contribution in [0, 0.1) is 10.1 Å². The Labute approximate surface area is 155 Å². The second kappa shape index (κ2) is 8.92. The molecule has 0 bridgehead atoms. The highest BCUT2D eigenvalue weighted by Crippen LogP contribution is 2.21. The van der Waals surface area contributed by atoms with E-state index in [9.17, 15) is 10.1 Å². The first-order chi connectivity index (χ1) is 12.7. The number of non-ortho nitro benzene ring substituents is 1. The molecule has 1 fully saturated rings. The van der Waals surface area contributed by atoms with Crippen molar-refractivity contribution in [1.82, 2.24) is 9.80 Å². The van der Waals surface area contributed by atoms with Crippen molar-refractivity contribution in [3.8, 4) is 0 Å². The van der Waals surface area contributed by atoms with Crippen LogP contribution in [0.5, 0.6) is 0 Å². The van der Waals surface area contributed by atoms with Gasteiger partial charge in [0.25, 0.3) is 5.69 Å². The summed E-state index contributed by atoms with van der Waals surface area (Å²) in [5, 5.41) is 10.9. The molecule has 0 aliphatic carbocycles. The van der Waals surface area contributed by atoms with Gasteiger partial charge in [-0.25, -0.2) is 0 Å². The van der Waals surface area contributed by atoms with Crippen LogP contribution >= 0.6 is 0 Å². The fourth-order valence-electron chi connectivity index (χ4n) is 3.79. The van der Waals surface area contributed by atoms with E-state index in [4.69, 9.17) is 0 Å². The van der Waals surface area contributed by atoms with E-state index in [2.05, 4.69) is 47.1 Å². The monoisotopic (exact) mass is 353 g/mol. The average Bonchev–Trinajstić information content (AvgIpc) is 2.68. The molecule has 5 heteroatoms. The van der Waals surface area contributed by atoms with Crippen LogP contribution in [-0.4, -0.2) is 40.4 Å². The minimum absolute atomic E-state index is 0.178. The molecule has 26 heavy (non-hydrogen) atoms. The molecule has 0 amide bonds. The van der Waals surface area contributed by atoms with Gasteiger partial charge in [-0.05, 0) is 43.6 Å². The smallest absolute Gasteiger partial charge is 0.269 e. The van der Waals surface area contributed by atoms with Crippen molar-refractivity contribution in [1.29, 1.82) is 0 Å². The molecule has 2 aromatic rings. The van der Waals surface area contributed by atoms with Crippen molar-refractivity contribution in [3.63, 3.8) is 0 Å². The lowest BCUT2D eigenvalue weighted by molar-refractivity contribution is -0.384. The lowest BCUT2D eigenvalue weighted by atomic mass is 10.0. The average molecular weight is 353 g/mol. The summed E-state index contributed by atoms with van der Waals surface area (Å²) in [6, 6.07) is 18.3. The summed E-state index contributed by atoms with van der Waals surface area (Å²) in [6.45, 7) is 7.17. The normalized spacial score (nSPS) is 16.1. The van der Waals surface area contributed by atoms with Gasteiger partial charge in [0.1, 0.15) is 0 Å². The van der Waals surface area contributed by atoms with E-state index in [0.717, 1.165) is 51.1 Å². The Morgan fingerprint density at radius 3 is 2.42 bits per heavy atom. The highest BCUT2D eigenvalue weighted by atomic mass is 16.6. The molecule has 1 aliphatic rings. The third kappa shape index (κ3) is 4.90. The summed E-state index contributed by atoms with van der Waals surface area (Å²) in [5.74, 6) is 0. The third-order valence-corrected chi connectivity index (χ3v) is 5.24. The molecule has 1 heterocycles. The summed E-state index contributed by atoms with van der Waals surface area (Å²) < 4.78 is 0. The maximum absolute atomic E-state index is 10.9. The van der Waals surface area contributed by atoms with E-state index in [1.165, 1.54) is 5.56 Å². The van der Waals surface area contributed by atoms with Crippen LogP contribution in [0.4, 0.5) is 5.69 Å². The summed E-state index contributed by atoms with van der Waals surface area (Å²) in [5.41, 5.74) is 2.57.